The van der Waals surface area contributed by atoms with E-state index >= 15 is 0 Å². The molecular weight excluding hydrogens is 392 g/mol. The van der Waals surface area contributed by atoms with Crippen molar-refractivity contribution >= 4 is 23.1 Å². The van der Waals surface area contributed by atoms with E-state index in [1.165, 1.54) is 0 Å². The normalized spacial score (nSPS) is 11.1. The van der Waals surface area contributed by atoms with Crippen molar-refractivity contribution < 1.29 is 18.6 Å². The van der Waals surface area contributed by atoms with Gasteiger partial charge in [-0.05, 0) is 53.1 Å². The number of hydrogen-bond acceptors (Lipinski definition) is 5. The molecule has 0 saturated carbocycles. The minimum atomic E-state index is -0.378. The number of methoxy groups -OCH3 is 3. The van der Waals surface area contributed by atoms with Gasteiger partial charge in [-0.3, -0.25) is 0 Å². The van der Waals surface area contributed by atoms with Crippen LogP contribution in [0.15, 0.2) is 75.9 Å². The molecule has 0 aliphatic rings. The molecule has 4 aromatic rings. The average molecular weight is 414 g/mol. The van der Waals surface area contributed by atoms with E-state index in [1.54, 1.807) is 21.3 Å². The topological polar surface area (TPSA) is 57.9 Å². The molecule has 0 radical (unpaired) electrons. The molecule has 4 rings (SSSR count). The van der Waals surface area contributed by atoms with Crippen LogP contribution in [0, 0.1) is 0 Å². The number of hydrogen-bond donors (Lipinski definition) is 0. The number of rotatable bonds is 6. The number of ether oxygens (including phenoxy) is 3. The van der Waals surface area contributed by atoms with Crippen LogP contribution in [0.4, 0.5) is 0 Å². The second-order valence-electron chi connectivity index (χ2n) is 6.95. The molecule has 1 heterocycles. The highest BCUT2D eigenvalue weighted by Gasteiger charge is 2.08. The molecule has 3 aromatic carbocycles. The highest BCUT2D eigenvalue weighted by Crippen LogP contribution is 2.26. The van der Waals surface area contributed by atoms with Crippen LogP contribution >= 0.6 is 0 Å². The Morgan fingerprint density at radius 1 is 0.677 bits per heavy atom. The van der Waals surface area contributed by atoms with E-state index in [-0.39, 0.29) is 5.63 Å². The average Bonchev–Trinajstić information content (AvgIpc) is 2.82. The van der Waals surface area contributed by atoms with Gasteiger partial charge in [-0.2, -0.15) is 0 Å². The Balaban J connectivity index is 1.65. The third-order valence-corrected chi connectivity index (χ3v) is 5.00. The van der Waals surface area contributed by atoms with Crippen LogP contribution in [0.5, 0.6) is 17.2 Å². The summed E-state index contributed by atoms with van der Waals surface area (Å²) >= 11 is 0. The van der Waals surface area contributed by atoms with Crippen molar-refractivity contribution in [3.8, 4) is 28.4 Å². The highest BCUT2D eigenvalue weighted by molar-refractivity contribution is 5.85. The first kappa shape index (κ1) is 20.3. The molecule has 0 atom stereocenters. The third-order valence-electron chi connectivity index (χ3n) is 5.00. The van der Waals surface area contributed by atoms with Gasteiger partial charge in [0.2, 0.25) is 0 Å². The van der Waals surface area contributed by atoms with Crippen molar-refractivity contribution in [3.63, 3.8) is 0 Å². The Hall–Kier alpha value is -3.99. The molecular formula is C26H22O5. The Morgan fingerprint density at radius 2 is 1.32 bits per heavy atom. The molecule has 0 aliphatic heterocycles. The molecule has 5 heteroatoms. The number of benzene rings is 3. The molecule has 0 N–H and O–H groups in total. The van der Waals surface area contributed by atoms with Gasteiger partial charge in [-0.15, -0.1) is 0 Å². The van der Waals surface area contributed by atoms with Crippen LogP contribution < -0.4 is 19.8 Å². The predicted octanol–water partition coefficient (Wildman–Crippen LogP) is 5.66. The minimum absolute atomic E-state index is 0.378. The summed E-state index contributed by atoms with van der Waals surface area (Å²) in [5.74, 6) is 2.17. The van der Waals surface area contributed by atoms with E-state index in [4.69, 9.17) is 18.6 Å². The van der Waals surface area contributed by atoms with Gasteiger partial charge in [0.15, 0.2) is 0 Å². The fourth-order valence-electron chi connectivity index (χ4n) is 3.32. The van der Waals surface area contributed by atoms with E-state index in [9.17, 15) is 4.79 Å². The maximum atomic E-state index is 12.6. The second-order valence-corrected chi connectivity index (χ2v) is 6.95. The predicted molar refractivity (Wildman–Crippen MR) is 123 cm³/mol. The lowest BCUT2D eigenvalue weighted by Crippen LogP contribution is -2.02. The molecule has 5 nitrogen and oxygen atoms in total. The van der Waals surface area contributed by atoms with Gasteiger partial charge in [-0.1, -0.05) is 36.4 Å². The van der Waals surface area contributed by atoms with Gasteiger partial charge in [-0.25, -0.2) is 4.79 Å². The maximum absolute atomic E-state index is 12.6. The molecule has 0 aliphatic carbocycles. The summed E-state index contributed by atoms with van der Waals surface area (Å²) in [5, 5.41) is 0.852. The van der Waals surface area contributed by atoms with Crippen LogP contribution in [0.25, 0.3) is 34.2 Å². The van der Waals surface area contributed by atoms with Gasteiger partial charge >= 0.3 is 5.63 Å². The Morgan fingerprint density at radius 3 is 1.97 bits per heavy atom. The van der Waals surface area contributed by atoms with E-state index in [0.29, 0.717) is 11.1 Å². The minimum Gasteiger partial charge on any atom is -0.497 e. The summed E-state index contributed by atoms with van der Waals surface area (Å²) in [6.45, 7) is 0. The van der Waals surface area contributed by atoms with Crippen molar-refractivity contribution in [2.24, 2.45) is 0 Å². The van der Waals surface area contributed by atoms with Crippen molar-refractivity contribution in [2.75, 3.05) is 21.3 Å². The SMILES string of the molecule is COc1ccc(-c2cc3ccc(/C=C/c4cc(OC)cc(OC)c4)cc3oc2=O)cc1. The van der Waals surface area contributed by atoms with E-state index in [1.807, 2.05) is 78.9 Å². The molecule has 0 bridgehead atoms. The smallest absolute Gasteiger partial charge is 0.344 e. The quantitative estimate of drug-likeness (QED) is 0.301. The van der Waals surface area contributed by atoms with Crippen LogP contribution in [-0.2, 0) is 0 Å². The van der Waals surface area contributed by atoms with Crippen molar-refractivity contribution in [1.29, 1.82) is 0 Å². The lowest BCUT2D eigenvalue weighted by atomic mass is 10.0. The van der Waals surface area contributed by atoms with Gasteiger partial charge in [0, 0.05) is 11.5 Å². The molecule has 0 saturated heterocycles. The van der Waals surface area contributed by atoms with Crippen LogP contribution in [0.3, 0.4) is 0 Å². The van der Waals surface area contributed by atoms with Crippen LogP contribution in [-0.4, -0.2) is 21.3 Å². The zero-order valence-electron chi connectivity index (χ0n) is 17.5. The van der Waals surface area contributed by atoms with Gasteiger partial charge < -0.3 is 18.6 Å². The van der Waals surface area contributed by atoms with Crippen molar-refractivity contribution in [2.45, 2.75) is 0 Å². The third kappa shape index (κ3) is 4.46. The molecule has 0 amide bonds. The maximum Gasteiger partial charge on any atom is 0.344 e. The van der Waals surface area contributed by atoms with Crippen molar-refractivity contribution in [1.82, 2.24) is 0 Å². The fourth-order valence-corrected chi connectivity index (χ4v) is 3.32. The summed E-state index contributed by atoms with van der Waals surface area (Å²) in [6, 6.07) is 20.6. The molecule has 0 unspecified atom stereocenters. The summed E-state index contributed by atoms with van der Waals surface area (Å²) in [7, 11) is 4.85. The van der Waals surface area contributed by atoms with E-state index < -0.39 is 0 Å². The fraction of sp³-hybridized carbons (Fsp3) is 0.115. The standard InChI is InChI=1S/C26H22O5/c1-28-21-10-8-19(9-11-21)24-15-20-7-6-17(14-25(20)31-26(24)27)4-5-18-12-22(29-2)16-23(13-18)30-3/h4-16H,1-3H3/b5-4+. The zero-order valence-corrected chi connectivity index (χ0v) is 17.5. The molecule has 156 valence electrons. The monoisotopic (exact) mass is 414 g/mol. The first-order valence-corrected chi connectivity index (χ1v) is 9.73. The summed E-state index contributed by atoms with van der Waals surface area (Å²) in [6.07, 6.45) is 3.90. The lowest BCUT2D eigenvalue weighted by Gasteiger charge is -2.06. The molecule has 0 fully saturated rings. The Labute approximate surface area is 180 Å². The van der Waals surface area contributed by atoms with Gasteiger partial charge in [0.25, 0.3) is 0 Å². The first-order valence-electron chi connectivity index (χ1n) is 9.73. The van der Waals surface area contributed by atoms with E-state index in [0.717, 1.165) is 39.3 Å². The zero-order chi connectivity index (χ0) is 21.8. The molecule has 31 heavy (non-hydrogen) atoms. The Kier molecular flexibility index (Phi) is 5.76. The van der Waals surface area contributed by atoms with Crippen LogP contribution in [0.1, 0.15) is 11.1 Å². The first-order chi connectivity index (χ1) is 15.1. The molecule has 0 spiro atoms. The molecule has 1 aromatic heterocycles. The summed E-state index contributed by atoms with van der Waals surface area (Å²) in [5.41, 5.74) is 3.31. The highest BCUT2D eigenvalue weighted by atomic mass is 16.5. The van der Waals surface area contributed by atoms with Gasteiger partial charge in [0.1, 0.15) is 22.8 Å². The van der Waals surface area contributed by atoms with Gasteiger partial charge in [0.05, 0.1) is 26.9 Å². The van der Waals surface area contributed by atoms with Crippen molar-refractivity contribution in [3.05, 3.63) is 88.3 Å². The summed E-state index contributed by atoms with van der Waals surface area (Å²) in [4.78, 5) is 12.6. The van der Waals surface area contributed by atoms with Crippen LogP contribution in [0.2, 0.25) is 0 Å². The second kappa shape index (κ2) is 8.79. The summed E-state index contributed by atoms with van der Waals surface area (Å²) < 4.78 is 21.4. The largest absolute Gasteiger partial charge is 0.497 e. The van der Waals surface area contributed by atoms with E-state index in [2.05, 4.69) is 0 Å². The number of fused-ring (bicyclic) bond motifs is 1. The Bertz CT molecular complexity index is 1280. The lowest BCUT2D eigenvalue weighted by molar-refractivity contribution is 0.394.